The third kappa shape index (κ3) is 3.13. The number of rotatable bonds is 3. The van der Waals surface area contributed by atoms with Crippen molar-refractivity contribution in [2.45, 2.75) is 56.4 Å². The molecule has 26 heavy (non-hydrogen) atoms. The number of amides is 2. The summed E-state index contributed by atoms with van der Waals surface area (Å²) in [5.74, 6) is 1.34. The second-order valence-electron chi connectivity index (χ2n) is 7.46. The Labute approximate surface area is 153 Å². The number of fused-ring (bicyclic) bond motifs is 1. The number of carbonyl (C=O) groups is 2. The molecule has 140 valence electrons. The van der Waals surface area contributed by atoms with Gasteiger partial charge in [0.25, 0.3) is 0 Å². The summed E-state index contributed by atoms with van der Waals surface area (Å²) in [5, 5.41) is 5.94. The van der Waals surface area contributed by atoms with Gasteiger partial charge in [0.15, 0.2) is 11.5 Å². The largest absolute Gasteiger partial charge is 0.486 e. The summed E-state index contributed by atoms with van der Waals surface area (Å²) >= 11 is 0. The first-order chi connectivity index (χ1) is 12.7. The maximum Gasteiger partial charge on any atom is 0.242 e. The van der Waals surface area contributed by atoms with Gasteiger partial charge in [-0.15, -0.1) is 0 Å². The van der Waals surface area contributed by atoms with Crippen LogP contribution in [0.25, 0.3) is 0 Å². The fourth-order valence-electron chi connectivity index (χ4n) is 4.34. The molecule has 1 aromatic rings. The van der Waals surface area contributed by atoms with E-state index in [-0.39, 0.29) is 11.8 Å². The molecule has 6 heteroatoms. The van der Waals surface area contributed by atoms with Crippen LogP contribution in [-0.4, -0.2) is 37.6 Å². The molecule has 0 radical (unpaired) electrons. The number of ether oxygens (including phenoxy) is 2. The Bertz CT molecular complexity index is 697. The molecule has 6 nitrogen and oxygen atoms in total. The Morgan fingerprint density at radius 3 is 2.65 bits per heavy atom. The monoisotopic (exact) mass is 358 g/mol. The maximum absolute atomic E-state index is 13.3. The number of carbonyl (C=O) groups excluding carboxylic acids is 2. The summed E-state index contributed by atoms with van der Waals surface area (Å²) in [6.07, 6.45) is 6.23. The molecule has 2 aliphatic heterocycles. The lowest BCUT2D eigenvalue weighted by molar-refractivity contribution is -0.132. The van der Waals surface area contributed by atoms with Crippen LogP contribution in [-0.2, 0) is 15.0 Å². The minimum absolute atomic E-state index is 0.0336. The molecule has 1 saturated carbocycles. The van der Waals surface area contributed by atoms with Crippen LogP contribution in [0.1, 0.15) is 50.5 Å². The highest BCUT2D eigenvalue weighted by Crippen LogP contribution is 2.44. The van der Waals surface area contributed by atoms with Gasteiger partial charge in [0, 0.05) is 6.54 Å². The average molecular weight is 358 g/mol. The van der Waals surface area contributed by atoms with Crippen LogP contribution < -0.4 is 20.1 Å². The quantitative estimate of drug-likeness (QED) is 0.867. The lowest BCUT2D eigenvalue weighted by atomic mass is 9.77. The van der Waals surface area contributed by atoms with Crippen molar-refractivity contribution in [3.05, 3.63) is 23.8 Å². The van der Waals surface area contributed by atoms with Gasteiger partial charge in [-0.25, -0.2) is 0 Å². The second-order valence-corrected chi connectivity index (χ2v) is 7.46. The van der Waals surface area contributed by atoms with Gasteiger partial charge in [0.2, 0.25) is 11.8 Å². The molecule has 0 aromatic heterocycles. The van der Waals surface area contributed by atoms with Crippen LogP contribution in [0.4, 0.5) is 0 Å². The predicted molar refractivity (Wildman–Crippen MR) is 96.4 cm³/mol. The molecule has 1 atom stereocenters. The molecule has 2 heterocycles. The lowest BCUT2D eigenvalue weighted by Crippen LogP contribution is -2.51. The van der Waals surface area contributed by atoms with Gasteiger partial charge in [-0.3, -0.25) is 9.59 Å². The molecule has 3 aliphatic rings. The van der Waals surface area contributed by atoms with Crippen LogP contribution >= 0.6 is 0 Å². The lowest BCUT2D eigenvalue weighted by Gasteiger charge is -2.31. The van der Waals surface area contributed by atoms with Crippen molar-refractivity contribution in [1.29, 1.82) is 0 Å². The normalized spacial score (nSPS) is 24.5. The van der Waals surface area contributed by atoms with Gasteiger partial charge in [-0.05, 0) is 49.8 Å². The molecule has 0 spiro atoms. The summed E-state index contributed by atoms with van der Waals surface area (Å²) in [5.41, 5.74) is 0.383. The van der Waals surface area contributed by atoms with E-state index in [1.807, 2.05) is 18.2 Å². The van der Waals surface area contributed by atoms with Crippen LogP contribution in [0, 0.1) is 0 Å². The van der Waals surface area contributed by atoms with E-state index >= 15 is 0 Å². The Morgan fingerprint density at radius 2 is 1.85 bits per heavy atom. The zero-order valence-electron chi connectivity index (χ0n) is 15.0. The van der Waals surface area contributed by atoms with Gasteiger partial charge in [-0.2, -0.15) is 0 Å². The minimum atomic E-state index is -0.581. The van der Waals surface area contributed by atoms with Gasteiger partial charge in [0.1, 0.15) is 19.3 Å². The molecule has 1 aliphatic carbocycles. The summed E-state index contributed by atoms with van der Waals surface area (Å²) < 4.78 is 11.3. The summed E-state index contributed by atoms with van der Waals surface area (Å²) in [6.45, 7) is 1.77. The van der Waals surface area contributed by atoms with Crippen molar-refractivity contribution >= 4 is 11.8 Å². The van der Waals surface area contributed by atoms with Crippen LogP contribution in [0.5, 0.6) is 11.5 Å². The van der Waals surface area contributed by atoms with E-state index in [0.29, 0.717) is 31.9 Å². The molecule has 0 unspecified atom stereocenters. The molecular formula is C20H26N2O4. The molecule has 2 fully saturated rings. The highest BCUT2D eigenvalue weighted by molar-refractivity contribution is 5.93. The van der Waals surface area contributed by atoms with E-state index in [4.69, 9.17) is 9.47 Å². The van der Waals surface area contributed by atoms with E-state index in [1.165, 1.54) is 0 Å². The Morgan fingerprint density at radius 1 is 1.08 bits per heavy atom. The zero-order chi connectivity index (χ0) is 18.0. The van der Waals surface area contributed by atoms with E-state index in [9.17, 15) is 9.59 Å². The number of hydrogen-bond donors (Lipinski definition) is 2. The minimum Gasteiger partial charge on any atom is -0.486 e. The molecule has 2 amide bonds. The molecule has 2 N–H and O–H groups in total. The van der Waals surface area contributed by atoms with Crippen LogP contribution in [0.15, 0.2) is 18.2 Å². The molecule has 1 aromatic carbocycles. The first kappa shape index (κ1) is 17.2. The fraction of sp³-hybridized carbons (Fsp3) is 0.600. The van der Waals surface area contributed by atoms with Crippen molar-refractivity contribution in [2.75, 3.05) is 19.8 Å². The standard InChI is InChI=1S/C20H26N2O4/c23-18-15(5-1-4-10-21-18)22-19(24)20(8-2-3-9-20)14-6-7-16-17(13-14)26-12-11-25-16/h6-7,13,15H,1-5,8-12H2,(H,21,23)(H,22,24)/t15-/m0/s1. The fourth-order valence-corrected chi connectivity index (χ4v) is 4.34. The zero-order valence-corrected chi connectivity index (χ0v) is 15.0. The van der Waals surface area contributed by atoms with Crippen LogP contribution in [0.3, 0.4) is 0 Å². The van der Waals surface area contributed by atoms with Gasteiger partial charge in [-0.1, -0.05) is 18.9 Å². The number of hydrogen-bond acceptors (Lipinski definition) is 4. The van der Waals surface area contributed by atoms with Crippen molar-refractivity contribution < 1.29 is 19.1 Å². The maximum atomic E-state index is 13.3. The molecule has 1 saturated heterocycles. The Kier molecular flexibility index (Phi) is 4.74. The summed E-state index contributed by atoms with van der Waals surface area (Å²) in [4.78, 5) is 25.5. The Balaban J connectivity index is 1.59. The molecular weight excluding hydrogens is 332 g/mol. The van der Waals surface area contributed by atoms with Crippen molar-refractivity contribution in [1.82, 2.24) is 10.6 Å². The number of nitrogens with one attached hydrogen (secondary N) is 2. The van der Waals surface area contributed by atoms with Crippen molar-refractivity contribution in [2.24, 2.45) is 0 Å². The Hall–Kier alpha value is -2.24. The van der Waals surface area contributed by atoms with Crippen molar-refractivity contribution in [3.8, 4) is 11.5 Å². The third-order valence-corrected chi connectivity index (χ3v) is 5.83. The van der Waals surface area contributed by atoms with E-state index < -0.39 is 11.5 Å². The first-order valence-corrected chi connectivity index (χ1v) is 9.68. The van der Waals surface area contributed by atoms with E-state index in [1.54, 1.807) is 0 Å². The first-order valence-electron chi connectivity index (χ1n) is 9.68. The summed E-state index contributed by atoms with van der Waals surface area (Å²) in [6, 6.07) is 5.40. The highest BCUT2D eigenvalue weighted by Gasteiger charge is 2.44. The third-order valence-electron chi connectivity index (χ3n) is 5.83. The second kappa shape index (κ2) is 7.17. The van der Waals surface area contributed by atoms with Gasteiger partial charge >= 0.3 is 0 Å². The molecule has 0 bridgehead atoms. The predicted octanol–water partition coefficient (Wildman–Crippen LogP) is 2.05. The van der Waals surface area contributed by atoms with Gasteiger partial charge < -0.3 is 20.1 Å². The average Bonchev–Trinajstić information content (AvgIpc) is 3.09. The van der Waals surface area contributed by atoms with E-state index in [2.05, 4.69) is 10.6 Å². The van der Waals surface area contributed by atoms with Gasteiger partial charge in [0.05, 0.1) is 5.41 Å². The van der Waals surface area contributed by atoms with Crippen molar-refractivity contribution in [3.63, 3.8) is 0 Å². The molecule has 4 rings (SSSR count). The van der Waals surface area contributed by atoms with E-state index in [0.717, 1.165) is 49.8 Å². The summed E-state index contributed by atoms with van der Waals surface area (Å²) in [7, 11) is 0. The smallest absolute Gasteiger partial charge is 0.242 e. The number of benzene rings is 1. The highest BCUT2D eigenvalue weighted by atomic mass is 16.6. The topological polar surface area (TPSA) is 76.7 Å². The van der Waals surface area contributed by atoms with Crippen LogP contribution in [0.2, 0.25) is 0 Å². The SMILES string of the molecule is O=C1NCCCC[C@@H]1NC(=O)C1(c2ccc3c(c2)OCCO3)CCCC1.